The number of carbonyl (C=O) groups is 1. The van der Waals surface area contributed by atoms with E-state index in [9.17, 15) is 13.2 Å². The lowest BCUT2D eigenvalue weighted by atomic mass is 10.3. The number of hydrogen-bond donors (Lipinski definition) is 0. The van der Waals surface area contributed by atoms with Crippen molar-refractivity contribution in [3.8, 4) is 0 Å². The van der Waals surface area contributed by atoms with Gasteiger partial charge in [0.05, 0.1) is 19.9 Å². The third-order valence-electron chi connectivity index (χ3n) is 5.57. The van der Waals surface area contributed by atoms with Crippen LogP contribution in [0.3, 0.4) is 0 Å². The first-order chi connectivity index (χ1) is 13.5. The number of hydrogen-bond acceptors (Lipinski definition) is 7. The number of amides is 1. The van der Waals surface area contributed by atoms with Gasteiger partial charge in [0.25, 0.3) is 0 Å². The number of piperazine rings is 1. The minimum Gasteiger partial charge on any atom is -0.379 e. The molecule has 0 N–H and O–H groups in total. The SMILES string of the molecule is O=C1CCCN1CN1CCN(c2ccc(S(=O)(=O)N3CCOCC3)cn2)CC1. The summed E-state index contributed by atoms with van der Waals surface area (Å²) in [5.74, 6) is 1.04. The maximum atomic E-state index is 12.7. The van der Waals surface area contributed by atoms with Crippen molar-refractivity contribution < 1.29 is 17.9 Å². The molecule has 0 unspecified atom stereocenters. The fraction of sp³-hybridized carbons (Fsp3) is 0.667. The molecule has 1 aromatic rings. The second-order valence-electron chi connectivity index (χ2n) is 7.38. The number of pyridine rings is 1. The number of carbonyl (C=O) groups excluding carboxylic acids is 1. The Kier molecular flexibility index (Phi) is 5.81. The first-order valence-corrected chi connectivity index (χ1v) is 11.3. The highest BCUT2D eigenvalue weighted by Gasteiger charge is 2.28. The molecule has 0 radical (unpaired) electrons. The Hall–Kier alpha value is -1.75. The Morgan fingerprint density at radius 2 is 1.75 bits per heavy atom. The molecule has 1 amide bonds. The number of likely N-dealkylation sites (tertiary alicyclic amines) is 1. The van der Waals surface area contributed by atoms with Gasteiger partial charge in [-0.05, 0) is 18.6 Å². The van der Waals surface area contributed by atoms with Crippen molar-refractivity contribution in [2.45, 2.75) is 17.7 Å². The van der Waals surface area contributed by atoms with Crippen LogP contribution in [-0.4, -0.2) is 99.1 Å². The van der Waals surface area contributed by atoms with Crippen LogP contribution >= 0.6 is 0 Å². The van der Waals surface area contributed by atoms with Crippen LogP contribution in [0.1, 0.15) is 12.8 Å². The van der Waals surface area contributed by atoms with Gasteiger partial charge in [-0.3, -0.25) is 9.69 Å². The molecule has 9 nitrogen and oxygen atoms in total. The number of morpholine rings is 1. The summed E-state index contributed by atoms with van der Waals surface area (Å²) in [7, 11) is -3.51. The maximum Gasteiger partial charge on any atom is 0.244 e. The van der Waals surface area contributed by atoms with Crippen LogP contribution in [0.2, 0.25) is 0 Å². The minimum absolute atomic E-state index is 0.226. The van der Waals surface area contributed by atoms with Crippen molar-refractivity contribution in [3.63, 3.8) is 0 Å². The maximum absolute atomic E-state index is 12.7. The third kappa shape index (κ3) is 4.14. The first kappa shape index (κ1) is 19.6. The highest BCUT2D eigenvalue weighted by molar-refractivity contribution is 7.89. The number of nitrogens with zero attached hydrogens (tertiary/aromatic N) is 5. The molecule has 0 spiro atoms. The lowest BCUT2D eigenvalue weighted by Gasteiger charge is -2.37. The molecule has 3 fully saturated rings. The predicted octanol–water partition coefficient (Wildman–Crippen LogP) is -0.196. The van der Waals surface area contributed by atoms with Crippen LogP contribution in [0.15, 0.2) is 23.2 Å². The lowest BCUT2D eigenvalue weighted by molar-refractivity contribution is -0.129. The standard InChI is InChI=1S/C18H27N5O4S/c24-18-2-1-5-22(18)15-20-6-8-21(9-7-20)17-4-3-16(14-19-17)28(25,26)23-10-12-27-13-11-23/h3-4,14H,1-2,5-13,15H2. The van der Waals surface area contributed by atoms with E-state index in [1.54, 1.807) is 12.1 Å². The van der Waals surface area contributed by atoms with Gasteiger partial charge in [0.2, 0.25) is 15.9 Å². The molecule has 3 aliphatic rings. The summed E-state index contributed by atoms with van der Waals surface area (Å²) in [6, 6.07) is 3.43. The van der Waals surface area contributed by atoms with Gasteiger partial charge in [-0.15, -0.1) is 0 Å². The Labute approximate surface area is 165 Å². The highest BCUT2D eigenvalue weighted by atomic mass is 32.2. The van der Waals surface area contributed by atoms with E-state index in [1.165, 1.54) is 10.5 Å². The van der Waals surface area contributed by atoms with Crippen molar-refractivity contribution in [3.05, 3.63) is 18.3 Å². The van der Waals surface area contributed by atoms with Crippen molar-refractivity contribution >= 4 is 21.7 Å². The summed E-state index contributed by atoms with van der Waals surface area (Å²) in [5, 5.41) is 0. The highest BCUT2D eigenvalue weighted by Crippen LogP contribution is 2.20. The lowest BCUT2D eigenvalue weighted by Crippen LogP contribution is -2.50. The van der Waals surface area contributed by atoms with Crippen LogP contribution in [0.25, 0.3) is 0 Å². The monoisotopic (exact) mass is 409 g/mol. The van der Waals surface area contributed by atoms with E-state index in [4.69, 9.17) is 4.74 Å². The molecule has 1 aromatic heterocycles. The molecule has 10 heteroatoms. The molecular formula is C18H27N5O4S. The minimum atomic E-state index is -3.51. The second kappa shape index (κ2) is 8.32. The third-order valence-corrected chi connectivity index (χ3v) is 7.45. The van der Waals surface area contributed by atoms with E-state index in [0.29, 0.717) is 39.4 Å². The van der Waals surface area contributed by atoms with Gasteiger partial charge < -0.3 is 14.5 Å². The van der Waals surface area contributed by atoms with Crippen LogP contribution in [0, 0.1) is 0 Å². The second-order valence-corrected chi connectivity index (χ2v) is 9.31. The van der Waals surface area contributed by atoms with Gasteiger partial charge in [0.1, 0.15) is 10.7 Å². The van der Waals surface area contributed by atoms with Gasteiger partial charge in [-0.1, -0.05) is 0 Å². The largest absolute Gasteiger partial charge is 0.379 e. The normalized spacial score (nSPS) is 22.8. The summed E-state index contributed by atoms with van der Waals surface area (Å²) >= 11 is 0. The summed E-state index contributed by atoms with van der Waals surface area (Å²) in [5.41, 5.74) is 0. The van der Waals surface area contributed by atoms with Crippen LogP contribution in [0.4, 0.5) is 5.82 Å². The van der Waals surface area contributed by atoms with Crippen LogP contribution in [-0.2, 0) is 19.6 Å². The summed E-state index contributed by atoms with van der Waals surface area (Å²) in [4.78, 5) is 22.8. The molecule has 0 aromatic carbocycles. The molecule has 0 saturated carbocycles. The average Bonchev–Trinajstić information content (AvgIpc) is 3.14. The van der Waals surface area contributed by atoms with Crippen molar-refractivity contribution in [2.75, 3.05) is 70.6 Å². The van der Waals surface area contributed by atoms with Crippen LogP contribution < -0.4 is 4.90 Å². The van der Waals surface area contributed by atoms with E-state index in [-0.39, 0.29) is 10.8 Å². The van der Waals surface area contributed by atoms with Crippen molar-refractivity contribution in [1.29, 1.82) is 0 Å². The molecular weight excluding hydrogens is 382 g/mol. The molecule has 28 heavy (non-hydrogen) atoms. The Morgan fingerprint density at radius 3 is 2.36 bits per heavy atom. The zero-order chi connectivity index (χ0) is 19.6. The molecule has 0 aliphatic carbocycles. The Bertz CT molecular complexity index is 787. The van der Waals surface area contributed by atoms with E-state index < -0.39 is 10.0 Å². The summed E-state index contributed by atoms with van der Waals surface area (Å²) in [6.07, 6.45) is 3.08. The van der Waals surface area contributed by atoms with E-state index in [2.05, 4.69) is 14.8 Å². The van der Waals surface area contributed by atoms with Gasteiger partial charge in [0, 0.05) is 58.4 Å². The fourth-order valence-electron chi connectivity index (χ4n) is 3.86. The van der Waals surface area contributed by atoms with Gasteiger partial charge in [-0.2, -0.15) is 4.31 Å². The van der Waals surface area contributed by atoms with Crippen molar-refractivity contribution in [1.82, 2.24) is 19.1 Å². The molecule has 0 atom stereocenters. The smallest absolute Gasteiger partial charge is 0.244 e. The Balaban J connectivity index is 1.34. The average molecular weight is 410 g/mol. The van der Waals surface area contributed by atoms with Gasteiger partial charge in [-0.25, -0.2) is 13.4 Å². The predicted molar refractivity (Wildman–Crippen MR) is 103 cm³/mol. The molecule has 3 aliphatic heterocycles. The Morgan fingerprint density at radius 1 is 1.00 bits per heavy atom. The number of rotatable bonds is 5. The number of ether oxygens (including phenoxy) is 1. The fourth-order valence-corrected chi connectivity index (χ4v) is 5.22. The number of anilines is 1. The first-order valence-electron chi connectivity index (χ1n) is 9.83. The van der Waals surface area contributed by atoms with E-state index in [1.807, 2.05) is 4.90 Å². The molecule has 3 saturated heterocycles. The summed E-state index contributed by atoms with van der Waals surface area (Å²) in [6.45, 7) is 6.53. The number of sulfonamides is 1. The van der Waals surface area contributed by atoms with Crippen LogP contribution in [0.5, 0.6) is 0 Å². The molecule has 4 rings (SSSR count). The molecule has 154 valence electrons. The quantitative estimate of drug-likeness (QED) is 0.666. The van der Waals surface area contributed by atoms with Gasteiger partial charge in [0.15, 0.2) is 0 Å². The molecule has 4 heterocycles. The van der Waals surface area contributed by atoms with E-state index in [0.717, 1.165) is 45.0 Å². The van der Waals surface area contributed by atoms with Crippen molar-refractivity contribution in [2.24, 2.45) is 0 Å². The zero-order valence-corrected chi connectivity index (χ0v) is 16.8. The summed E-state index contributed by atoms with van der Waals surface area (Å²) < 4.78 is 32.1. The molecule has 0 bridgehead atoms. The van der Waals surface area contributed by atoms with Gasteiger partial charge >= 0.3 is 0 Å². The zero-order valence-electron chi connectivity index (χ0n) is 16.0. The number of aromatic nitrogens is 1. The van der Waals surface area contributed by atoms with E-state index >= 15 is 0 Å². The topological polar surface area (TPSA) is 86.3 Å².